The average molecular weight is 285 g/mol. The Morgan fingerprint density at radius 2 is 1.90 bits per heavy atom. The normalized spacial score (nSPS) is 16.1. The van der Waals surface area contributed by atoms with E-state index in [9.17, 15) is 4.79 Å². The van der Waals surface area contributed by atoms with Gasteiger partial charge in [0.2, 0.25) is 6.23 Å². The van der Waals surface area contributed by atoms with Crippen LogP contribution < -0.4 is 14.8 Å². The number of methoxy groups -OCH3 is 2. The van der Waals surface area contributed by atoms with Crippen LogP contribution in [0.4, 0.5) is 5.69 Å². The first-order valence-electron chi connectivity index (χ1n) is 6.51. The topological polar surface area (TPSA) is 56.8 Å². The third kappa shape index (κ3) is 2.38. The van der Waals surface area contributed by atoms with E-state index in [1.165, 1.54) is 0 Å². The molecule has 0 fully saturated rings. The van der Waals surface area contributed by atoms with Gasteiger partial charge in [-0.2, -0.15) is 0 Å². The molecule has 3 rings (SSSR count). The molecule has 1 N–H and O–H groups in total. The second kappa shape index (κ2) is 5.36. The van der Waals surface area contributed by atoms with Crippen LogP contribution in [0, 0.1) is 0 Å². The number of anilines is 1. The van der Waals surface area contributed by atoms with E-state index in [4.69, 9.17) is 14.2 Å². The zero-order valence-electron chi connectivity index (χ0n) is 11.8. The zero-order chi connectivity index (χ0) is 14.8. The molecular formula is C16H15NO4. The molecule has 0 saturated heterocycles. The van der Waals surface area contributed by atoms with Crippen LogP contribution in [-0.4, -0.2) is 20.2 Å². The molecule has 2 aromatic carbocycles. The van der Waals surface area contributed by atoms with Crippen molar-refractivity contribution in [1.29, 1.82) is 0 Å². The monoisotopic (exact) mass is 285 g/mol. The molecular weight excluding hydrogens is 270 g/mol. The van der Waals surface area contributed by atoms with Crippen molar-refractivity contribution in [1.82, 2.24) is 0 Å². The van der Waals surface area contributed by atoms with E-state index in [1.54, 1.807) is 26.4 Å². The van der Waals surface area contributed by atoms with Crippen molar-refractivity contribution >= 4 is 11.7 Å². The van der Waals surface area contributed by atoms with E-state index in [1.807, 2.05) is 30.3 Å². The van der Waals surface area contributed by atoms with Gasteiger partial charge in [0.25, 0.3) is 0 Å². The average Bonchev–Trinajstić information content (AvgIpc) is 2.84. The smallest absolute Gasteiger partial charge is 0.340 e. The van der Waals surface area contributed by atoms with E-state index in [-0.39, 0.29) is 5.97 Å². The quantitative estimate of drug-likeness (QED) is 0.875. The van der Waals surface area contributed by atoms with Gasteiger partial charge in [-0.25, -0.2) is 4.79 Å². The summed E-state index contributed by atoms with van der Waals surface area (Å²) in [7, 11) is 3.17. The lowest BCUT2D eigenvalue weighted by atomic mass is 10.1. The lowest BCUT2D eigenvalue weighted by molar-refractivity contribution is 0.0436. The number of nitrogens with one attached hydrogen (secondary N) is 1. The number of hydrogen-bond acceptors (Lipinski definition) is 5. The third-order valence-electron chi connectivity index (χ3n) is 3.38. The molecule has 0 spiro atoms. The second-order valence-corrected chi connectivity index (χ2v) is 4.58. The number of fused-ring (bicyclic) bond motifs is 1. The highest BCUT2D eigenvalue weighted by molar-refractivity contribution is 5.94. The number of rotatable bonds is 4. The van der Waals surface area contributed by atoms with Crippen molar-refractivity contribution in [2.75, 3.05) is 19.5 Å². The van der Waals surface area contributed by atoms with Gasteiger partial charge in [-0.05, 0) is 18.2 Å². The highest BCUT2D eigenvalue weighted by Gasteiger charge is 2.30. The summed E-state index contributed by atoms with van der Waals surface area (Å²) in [5.41, 5.74) is 2.13. The first kappa shape index (κ1) is 13.3. The zero-order valence-corrected chi connectivity index (χ0v) is 11.8. The molecule has 0 aliphatic carbocycles. The van der Waals surface area contributed by atoms with Crippen LogP contribution in [0.25, 0.3) is 0 Å². The number of esters is 1. The number of carbonyl (C=O) groups excluding carboxylic acids is 1. The summed E-state index contributed by atoms with van der Waals surface area (Å²) in [4.78, 5) is 11.8. The third-order valence-corrected chi connectivity index (χ3v) is 3.38. The Hall–Kier alpha value is -2.69. The van der Waals surface area contributed by atoms with Crippen LogP contribution in [0.5, 0.6) is 11.5 Å². The fraction of sp³-hybridized carbons (Fsp3) is 0.188. The van der Waals surface area contributed by atoms with Crippen molar-refractivity contribution < 1.29 is 19.0 Å². The van der Waals surface area contributed by atoms with Crippen molar-refractivity contribution in [3.63, 3.8) is 0 Å². The van der Waals surface area contributed by atoms with Crippen LogP contribution in [-0.2, 0) is 4.74 Å². The first-order chi connectivity index (χ1) is 10.2. The Balaban J connectivity index is 1.90. The molecule has 108 valence electrons. The van der Waals surface area contributed by atoms with Gasteiger partial charge in [0.05, 0.1) is 25.5 Å². The van der Waals surface area contributed by atoms with Gasteiger partial charge >= 0.3 is 5.97 Å². The van der Waals surface area contributed by atoms with E-state index < -0.39 is 6.23 Å². The summed E-state index contributed by atoms with van der Waals surface area (Å²) >= 11 is 0. The number of hydrogen-bond donors (Lipinski definition) is 1. The van der Waals surface area contributed by atoms with Crippen molar-refractivity contribution in [3.05, 3.63) is 53.6 Å². The molecule has 0 bridgehead atoms. The molecule has 1 aliphatic heterocycles. The van der Waals surface area contributed by atoms with Gasteiger partial charge < -0.3 is 19.5 Å². The minimum absolute atomic E-state index is 0.324. The SMILES string of the molecule is COc1ccc(N[C@@H]2OC(=O)c3ccccc32)c(OC)c1. The fourth-order valence-corrected chi connectivity index (χ4v) is 2.31. The summed E-state index contributed by atoms with van der Waals surface area (Å²) in [6.45, 7) is 0. The van der Waals surface area contributed by atoms with Gasteiger partial charge in [0.15, 0.2) is 0 Å². The van der Waals surface area contributed by atoms with Gasteiger partial charge in [0.1, 0.15) is 11.5 Å². The standard InChI is InChI=1S/C16H15NO4/c1-19-10-7-8-13(14(9-10)20-2)17-15-11-5-3-4-6-12(11)16(18)21-15/h3-9,15,17H,1-2H3/t15-/m1/s1. The van der Waals surface area contributed by atoms with Crippen LogP contribution >= 0.6 is 0 Å². The molecule has 5 heteroatoms. The Morgan fingerprint density at radius 3 is 2.67 bits per heavy atom. The number of carbonyl (C=O) groups is 1. The number of ether oxygens (including phenoxy) is 3. The molecule has 0 saturated carbocycles. The van der Waals surface area contributed by atoms with Crippen LogP contribution in [0.1, 0.15) is 22.1 Å². The predicted octanol–water partition coefficient (Wildman–Crippen LogP) is 2.98. The van der Waals surface area contributed by atoms with E-state index in [2.05, 4.69) is 5.32 Å². The molecule has 0 amide bonds. The fourth-order valence-electron chi connectivity index (χ4n) is 2.31. The summed E-state index contributed by atoms with van der Waals surface area (Å²) < 4.78 is 15.8. The molecule has 1 aliphatic rings. The number of cyclic esters (lactones) is 1. The molecule has 2 aromatic rings. The van der Waals surface area contributed by atoms with E-state index in [0.717, 1.165) is 11.3 Å². The molecule has 0 radical (unpaired) electrons. The van der Waals surface area contributed by atoms with Crippen LogP contribution in [0.15, 0.2) is 42.5 Å². The van der Waals surface area contributed by atoms with Crippen molar-refractivity contribution in [2.45, 2.75) is 6.23 Å². The predicted molar refractivity (Wildman–Crippen MR) is 77.8 cm³/mol. The summed E-state index contributed by atoms with van der Waals surface area (Å²) in [6.07, 6.45) is -0.518. The first-order valence-corrected chi connectivity index (χ1v) is 6.51. The molecule has 5 nitrogen and oxygen atoms in total. The molecule has 21 heavy (non-hydrogen) atoms. The minimum Gasteiger partial charge on any atom is -0.497 e. The van der Waals surface area contributed by atoms with Gasteiger partial charge in [0, 0.05) is 11.6 Å². The molecule has 0 unspecified atom stereocenters. The lowest BCUT2D eigenvalue weighted by Gasteiger charge is -2.17. The summed E-state index contributed by atoms with van der Waals surface area (Å²) in [5.74, 6) is 0.992. The van der Waals surface area contributed by atoms with Crippen LogP contribution in [0.3, 0.4) is 0 Å². The Bertz CT molecular complexity index is 684. The molecule has 0 aromatic heterocycles. The van der Waals surface area contributed by atoms with E-state index in [0.29, 0.717) is 17.1 Å². The van der Waals surface area contributed by atoms with Gasteiger partial charge in [-0.1, -0.05) is 18.2 Å². The number of benzene rings is 2. The lowest BCUT2D eigenvalue weighted by Crippen LogP contribution is -2.11. The largest absolute Gasteiger partial charge is 0.497 e. The highest BCUT2D eigenvalue weighted by Crippen LogP contribution is 2.36. The Kier molecular flexibility index (Phi) is 3.39. The van der Waals surface area contributed by atoms with Gasteiger partial charge in [-0.15, -0.1) is 0 Å². The highest BCUT2D eigenvalue weighted by atomic mass is 16.6. The maximum absolute atomic E-state index is 11.8. The molecule has 1 heterocycles. The second-order valence-electron chi connectivity index (χ2n) is 4.58. The molecule has 1 atom stereocenters. The summed E-state index contributed by atoms with van der Waals surface area (Å²) in [5, 5.41) is 3.17. The minimum atomic E-state index is -0.518. The van der Waals surface area contributed by atoms with Crippen molar-refractivity contribution in [3.8, 4) is 11.5 Å². The van der Waals surface area contributed by atoms with Crippen LogP contribution in [0.2, 0.25) is 0 Å². The van der Waals surface area contributed by atoms with Gasteiger partial charge in [-0.3, -0.25) is 0 Å². The summed E-state index contributed by atoms with van der Waals surface area (Å²) in [6, 6.07) is 12.7. The maximum Gasteiger partial charge on any atom is 0.340 e. The maximum atomic E-state index is 11.8. The Labute approximate surface area is 122 Å². The van der Waals surface area contributed by atoms with Crippen molar-refractivity contribution in [2.24, 2.45) is 0 Å². The Morgan fingerprint density at radius 1 is 1.10 bits per heavy atom. The van der Waals surface area contributed by atoms with E-state index >= 15 is 0 Å².